The molecular weight excluding hydrogens is 238 g/mol. The number of carbonyl (C=O) groups excluding carboxylic acids is 1. The fourth-order valence-electron chi connectivity index (χ4n) is 2.03. The van der Waals surface area contributed by atoms with Crippen LogP contribution in [0.1, 0.15) is 52.9 Å². The molecule has 1 amide bonds. The minimum Gasteiger partial charge on any atom is -0.343 e. The van der Waals surface area contributed by atoms with E-state index in [0.29, 0.717) is 12.3 Å². The first kappa shape index (κ1) is 18.4. The molecule has 0 spiro atoms. The molecule has 0 unspecified atom stereocenters. The summed E-state index contributed by atoms with van der Waals surface area (Å²) >= 11 is 0. The van der Waals surface area contributed by atoms with Gasteiger partial charge in [-0.25, -0.2) is 0 Å². The van der Waals surface area contributed by atoms with Gasteiger partial charge in [-0.05, 0) is 51.9 Å². The maximum atomic E-state index is 12.0. The highest BCUT2D eigenvalue weighted by atomic mass is 16.2. The molecule has 0 aliphatic rings. The van der Waals surface area contributed by atoms with Crippen LogP contribution in [-0.2, 0) is 4.79 Å². The lowest BCUT2D eigenvalue weighted by Gasteiger charge is -2.22. The summed E-state index contributed by atoms with van der Waals surface area (Å²) in [6.45, 7) is 12.2. The molecule has 0 aliphatic carbocycles. The van der Waals surface area contributed by atoms with Crippen LogP contribution in [0.4, 0.5) is 0 Å². The van der Waals surface area contributed by atoms with Crippen LogP contribution >= 0.6 is 0 Å². The molecule has 0 rings (SSSR count). The molecule has 19 heavy (non-hydrogen) atoms. The number of unbranched alkanes of at least 4 members (excludes halogenated alkanes) is 1. The predicted molar refractivity (Wildman–Crippen MR) is 82.4 cm³/mol. The van der Waals surface area contributed by atoms with Gasteiger partial charge in [0.2, 0.25) is 5.91 Å². The molecule has 0 fully saturated rings. The molecular formula is C15H33N3O. The molecule has 0 saturated carbocycles. The third-order valence-electron chi connectivity index (χ3n) is 3.13. The molecule has 0 atom stereocenters. The van der Waals surface area contributed by atoms with Gasteiger partial charge in [-0.2, -0.15) is 0 Å². The Bertz CT molecular complexity index is 210. The largest absolute Gasteiger partial charge is 0.343 e. The summed E-state index contributed by atoms with van der Waals surface area (Å²) in [5.41, 5.74) is 0. The van der Waals surface area contributed by atoms with E-state index in [1.165, 1.54) is 0 Å². The lowest BCUT2D eigenvalue weighted by molar-refractivity contribution is -0.131. The van der Waals surface area contributed by atoms with Crippen LogP contribution < -0.4 is 10.6 Å². The van der Waals surface area contributed by atoms with Crippen molar-refractivity contribution in [3.05, 3.63) is 0 Å². The third-order valence-corrected chi connectivity index (χ3v) is 3.13. The molecule has 0 heterocycles. The van der Waals surface area contributed by atoms with Gasteiger partial charge in [0.15, 0.2) is 0 Å². The van der Waals surface area contributed by atoms with Gasteiger partial charge < -0.3 is 15.5 Å². The second kappa shape index (κ2) is 13.8. The lowest BCUT2D eigenvalue weighted by atomic mass is 10.2. The maximum absolute atomic E-state index is 12.0. The van der Waals surface area contributed by atoms with Gasteiger partial charge in [-0.3, -0.25) is 4.79 Å². The van der Waals surface area contributed by atoms with Crippen LogP contribution in [-0.4, -0.2) is 50.1 Å². The Balaban J connectivity index is 3.86. The van der Waals surface area contributed by atoms with E-state index >= 15 is 0 Å². The van der Waals surface area contributed by atoms with E-state index in [1.807, 2.05) is 4.90 Å². The quantitative estimate of drug-likeness (QED) is 0.504. The van der Waals surface area contributed by atoms with Crippen LogP contribution in [0.25, 0.3) is 0 Å². The Hall–Kier alpha value is -0.610. The number of nitrogens with zero attached hydrogens (tertiary/aromatic N) is 1. The maximum Gasteiger partial charge on any atom is 0.222 e. The molecule has 0 bridgehead atoms. The Morgan fingerprint density at radius 1 is 0.895 bits per heavy atom. The van der Waals surface area contributed by atoms with E-state index in [0.717, 1.165) is 65.0 Å². The zero-order valence-corrected chi connectivity index (χ0v) is 13.1. The van der Waals surface area contributed by atoms with Crippen molar-refractivity contribution in [2.75, 3.05) is 39.3 Å². The second-order valence-electron chi connectivity index (χ2n) is 4.90. The molecule has 0 radical (unpaired) electrons. The van der Waals surface area contributed by atoms with E-state index in [9.17, 15) is 4.79 Å². The highest BCUT2D eigenvalue weighted by Crippen LogP contribution is 2.02. The predicted octanol–water partition coefficient (Wildman–Crippen LogP) is 2.00. The number of hydrogen-bond acceptors (Lipinski definition) is 3. The Kier molecular flexibility index (Phi) is 13.4. The van der Waals surface area contributed by atoms with Gasteiger partial charge in [-0.1, -0.05) is 20.8 Å². The van der Waals surface area contributed by atoms with Crippen LogP contribution in [0, 0.1) is 0 Å². The average Bonchev–Trinajstić information content (AvgIpc) is 2.41. The summed E-state index contributed by atoms with van der Waals surface area (Å²) in [6, 6.07) is 0. The average molecular weight is 271 g/mol. The lowest BCUT2D eigenvalue weighted by Crippen LogP contribution is -2.34. The number of hydrogen-bond donors (Lipinski definition) is 2. The fourth-order valence-corrected chi connectivity index (χ4v) is 2.03. The van der Waals surface area contributed by atoms with E-state index in [-0.39, 0.29) is 0 Å². The van der Waals surface area contributed by atoms with E-state index < -0.39 is 0 Å². The first-order chi connectivity index (χ1) is 9.26. The van der Waals surface area contributed by atoms with Crippen molar-refractivity contribution in [2.24, 2.45) is 0 Å². The standard InChI is InChI=1S/C15H33N3O/c1-4-10-15(19)18(14-9-12-17-6-3)13-8-7-11-16-5-2/h16-17H,4-14H2,1-3H3. The van der Waals surface area contributed by atoms with E-state index in [1.54, 1.807) is 0 Å². The third kappa shape index (κ3) is 11.0. The van der Waals surface area contributed by atoms with Crippen LogP contribution in [0.3, 0.4) is 0 Å². The van der Waals surface area contributed by atoms with Crippen molar-refractivity contribution in [3.63, 3.8) is 0 Å². The number of rotatable bonds is 13. The first-order valence-corrected chi connectivity index (χ1v) is 7.95. The van der Waals surface area contributed by atoms with Crippen LogP contribution in [0.5, 0.6) is 0 Å². The van der Waals surface area contributed by atoms with E-state index in [2.05, 4.69) is 31.4 Å². The van der Waals surface area contributed by atoms with Gasteiger partial charge in [-0.15, -0.1) is 0 Å². The summed E-state index contributed by atoms with van der Waals surface area (Å²) in [5, 5.41) is 6.63. The highest BCUT2D eigenvalue weighted by molar-refractivity contribution is 5.76. The van der Waals surface area contributed by atoms with Gasteiger partial charge in [0.1, 0.15) is 0 Å². The molecule has 0 aromatic heterocycles. The monoisotopic (exact) mass is 271 g/mol. The number of amides is 1. The Morgan fingerprint density at radius 3 is 2.05 bits per heavy atom. The summed E-state index contributed by atoms with van der Waals surface area (Å²) in [4.78, 5) is 14.1. The summed E-state index contributed by atoms with van der Waals surface area (Å²) in [7, 11) is 0. The normalized spacial score (nSPS) is 10.7. The molecule has 0 aromatic carbocycles. The molecule has 4 heteroatoms. The molecule has 2 N–H and O–H groups in total. The summed E-state index contributed by atoms with van der Waals surface area (Å²) in [5.74, 6) is 0.322. The zero-order valence-electron chi connectivity index (χ0n) is 13.1. The van der Waals surface area contributed by atoms with Crippen molar-refractivity contribution >= 4 is 5.91 Å². The molecule has 4 nitrogen and oxygen atoms in total. The zero-order chi connectivity index (χ0) is 14.3. The first-order valence-electron chi connectivity index (χ1n) is 7.95. The van der Waals surface area contributed by atoms with Gasteiger partial charge in [0, 0.05) is 19.5 Å². The van der Waals surface area contributed by atoms with Gasteiger partial charge in [0.05, 0.1) is 0 Å². The topological polar surface area (TPSA) is 44.4 Å². The Labute approximate surface area is 119 Å². The molecule has 0 aliphatic heterocycles. The van der Waals surface area contributed by atoms with Gasteiger partial charge >= 0.3 is 0 Å². The smallest absolute Gasteiger partial charge is 0.222 e. The second-order valence-corrected chi connectivity index (χ2v) is 4.90. The number of carbonyl (C=O) groups is 1. The minimum absolute atomic E-state index is 0.322. The fraction of sp³-hybridized carbons (Fsp3) is 0.933. The number of nitrogens with one attached hydrogen (secondary N) is 2. The van der Waals surface area contributed by atoms with Gasteiger partial charge in [0.25, 0.3) is 0 Å². The molecule has 0 saturated heterocycles. The van der Waals surface area contributed by atoms with Crippen molar-refractivity contribution in [2.45, 2.75) is 52.9 Å². The van der Waals surface area contributed by atoms with Crippen LogP contribution in [0.2, 0.25) is 0 Å². The Morgan fingerprint density at radius 2 is 1.47 bits per heavy atom. The van der Waals surface area contributed by atoms with E-state index in [4.69, 9.17) is 0 Å². The summed E-state index contributed by atoms with van der Waals surface area (Å²) in [6.07, 6.45) is 4.94. The highest BCUT2D eigenvalue weighted by Gasteiger charge is 2.11. The SMILES string of the molecule is CCCC(=O)N(CCCCNCC)CCCNCC. The van der Waals surface area contributed by atoms with Crippen molar-refractivity contribution in [1.82, 2.24) is 15.5 Å². The summed E-state index contributed by atoms with van der Waals surface area (Å²) < 4.78 is 0. The van der Waals surface area contributed by atoms with Crippen molar-refractivity contribution in [1.29, 1.82) is 0 Å². The van der Waals surface area contributed by atoms with Crippen molar-refractivity contribution in [3.8, 4) is 0 Å². The van der Waals surface area contributed by atoms with Crippen LogP contribution in [0.15, 0.2) is 0 Å². The molecule has 0 aromatic rings. The molecule has 114 valence electrons. The van der Waals surface area contributed by atoms with Crippen molar-refractivity contribution < 1.29 is 4.79 Å². The minimum atomic E-state index is 0.322.